The van der Waals surface area contributed by atoms with E-state index in [-0.39, 0.29) is 11.0 Å². The van der Waals surface area contributed by atoms with Gasteiger partial charge in [0.2, 0.25) is 5.78 Å². The third-order valence-corrected chi connectivity index (χ3v) is 4.49. The maximum atomic E-state index is 5.61. The van der Waals surface area contributed by atoms with E-state index in [4.69, 9.17) is 14.5 Å². The SMILES string of the molecule is COc1ccc(OC)c(-c2nc3ncccn3c2NC(C)(C)CC(C)(C)C)c1. The molecule has 2 heterocycles. The van der Waals surface area contributed by atoms with Gasteiger partial charge in [-0.25, -0.2) is 9.97 Å². The standard InChI is InChI=1S/C22H30N4O2/c1-21(2,3)14-22(4,5)25-19-18(24-20-23-11-8-12-26(19)20)16-13-15(27-6)9-10-17(16)28-7/h8-13,25H,14H2,1-7H3. The number of aromatic nitrogens is 3. The molecule has 0 amide bonds. The van der Waals surface area contributed by atoms with E-state index in [0.29, 0.717) is 5.78 Å². The highest BCUT2D eigenvalue weighted by Crippen LogP contribution is 2.39. The van der Waals surface area contributed by atoms with Crippen molar-refractivity contribution in [1.29, 1.82) is 0 Å². The van der Waals surface area contributed by atoms with Crippen molar-refractivity contribution >= 4 is 11.6 Å². The molecular formula is C22H30N4O2. The second-order valence-electron chi connectivity index (χ2n) is 8.91. The summed E-state index contributed by atoms with van der Waals surface area (Å²) in [5.41, 5.74) is 1.69. The van der Waals surface area contributed by atoms with Gasteiger partial charge in [0.05, 0.1) is 14.2 Å². The number of hydrogen-bond acceptors (Lipinski definition) is 5. The van der Waals surface area contributed by atoms with E-state index in [1.807, 2.05) is 34.9 Å². The van der Waals surface area contributed by atoms with Gasteiger partial charge in [0, 0.05) is 23.5 Å². The van der Waals surface area contributed by atoms with Gasteiger partial charge >= 0.3 is 0 Å². The van der Waals surface area contributed by atoms with E-state index >= 15 is 0 Å². The van der Waals surface area contributed by atoms with Crippen molar-refractivity contribution in [3.8, 4) is 22.8 Å². The average Bonchev–Trinajstić information content (AvgIpc) is 2.97. The van der Waals surface area contributed by atoms with Crippen LogP contribution in [0.2, 0.25) is 0 Å². The molecule has 0 aliphatic heterocycles. The number of fused-ring (bicyclic) bond motifs is 1. The molecule has 3 rings (SSSR count). The second-order valence-corrected chi connectivity index (χ2v) is 8.91. The molecule has 0 radical (unpaired) electrons. The topological polar surface area (TPSA) is 60.7 Å². The van der Waals surface area contributed by atoms with Gasteiger partial charge < -0.3 is 14.8 Å². The van der Waals surface area contributed by atoms with Gasteiger partial charge in [0.15, 0.2) is 0 Å². The van der Waals surface area contributed by atoms with E-state index < -0.39 is 0 Å². The number of methoxy groups -OCH3 is 2. The number of rotatable bonds is 6. The molecule has 0 aliphatic carbocycles. The highest BCUT2D eigenvalue weighted by atomic mass is 16.5. The van der Waals surface area contributed by atoms with Crippen LogP contribution in [0.1, 0.15) is 41.0 Å². The third-order valence-electron chi connectivity index (χ3n) is 4.49. The number of imidazole rings is 1. The maximum Gasteiger partial charge on any atom is 0.235 e. The molecule has 0 bridgehead atoms. The first kappa shape index (κ1) is 20.0. The molecule has 0 unspecified atom stereocenters. The lowest BCUT2D eigenvalue weighted by molar-refractivity contribution is 0.302. The first-order valence-corrected chi connectivity index (χ1v) is 9.47. The molecule has 150 valence electrons. The van der Waals surface area contributed by atoms with E-state index in [1.54, 1.807) is 20.4 Å². The van der Waals surface area contributed by atoms with Crippen LogP contribution in [0.4, 0.5) is 5.82 Å². The summed E-state index contributed by atoms with van der Waals surface area (Å²) >= 11 is 0. The Bertz CT molecular complexity index is 970. The normalized spacial score (nSPS) is 12.2. The van der Waals surface area contributed by atoms with Crippen LogP contribution < -0.4 is 14.8 Å². The molecule has 0 saturated heterocycles. The maximum absolute atomic E-state index is 5.61. The summed E-state index contributed by atoms with van der Waals surface area (Å²) in [7, 11) is 3.32. The van der Waals surface area contributed by atoms with Crippen molar-refractivity contribution in [3.05, 3.63) is 36.7 Å². The zero-order chi connectivity index (χ0) is 20.5. The molecule has 2 aromatic heterocycles. The molecular weight excluding hydrogens is 352 g/mol. The number of nitrogens with one attached hydrogen (secondary N) is 1. The van der Waals surface area contributed by atoms with Crippen LogP contribution in [0.3, 0.4) is 0 Å². The Kier molecular flexibility index (Phi) is 5.24. The smallest absolute Gasteiger partial charge is 0.235 e. The fraction of sp³-hybridized carbons (Fsp3) is 0.455. The second kappa shape index (κ2) is 7.34. The van der Waals surface area contributed by atoms with Crippen LogP contribution in [0.15, 0.2) is 36.7 Å². The molecule has 1 aromatic carbocycles. The van der Waals surface area contributed by atoms with E-state index in [1.165, 1.54) is 0 Å². The Morgan fingerprint density at radius 1 is 1.07 bits per heavy atom. The molecule has 0 fully saturated rings. The average molecular weight is 383 g/mol. The van der Waals surface area contributed by atoms with Crippen molar-refractivity contribution in [2.45, 2.75) is 46.6 Å². The van der Waals surface area contributed by atoms with Crippen molar-refractivity contribution in [2.24, 2.45) is 5.41 Å². The fourth-order valence-corrected chi connectivity index (χ4v) is 3.88. The molecule has 0 spiro atoms. The molecule has 6 heteroatoms. The minimum Gasteiger partial charge on any atom is -0.497 e. The van der Waals surface area contributed by atoms with E-state index in [0.717, 1.165) is 35.0 Å². The lowest BCUT2D eigenvalue weighted by atomic mass is 9.82. The zero-order valence-corrected chi connectivity index (χ0v) is 17.8. The third kappa shape index (κ3) is 4.21. The Morgan fingerprint density at radius 2 is 1.82 bits per heavy atom. The lowest BCUT2D eigenvalue weighted by Crippen LogP contribution is -2.36. The van der Waals surface area contributed by atoms with Crippen LogP contribution in [-0.2, 0) is 0 Å². The minimum atomic E-state index is -0.148. The Labute approximate surface area is 166 Å². The van der Waals surface area contributed by atoms with Crippen LogP contribution in [0, 0.1) is 5.41 Å². The van der Waals surface area contributed by atoms with Crippen molar-refractivity contribution in [1.82, 2.24) is 14.4 Å². The molecule has 6 nitrogen and oxygen atoms in total. The highest BCUT2D eigenvalue weighted by Gasteiger charge is 2.29. The minimum absolute atomic E-state index is 0.148. The van der Waals surface area contributed by atoms with Gasteiger partial charge in [-0.2, -0.15) is 0 Å². The molecule has 0 atom stereocenters. The van der Waals surface area contributed by atoms with Crippen LogP contribution in [0.25, 0.3) is 17.0 Å². The number of nitrogens with zero attached hydrogens (tertiary/aromatic N) is 3. The summed E-state index contributed by atoms with van der Waals surface area (Å²) in [6, 6.07) is 7.63. The first-order valence-electron chi connectivity index (χ1n) is 9.47. The van der Waals surface area contributed by atoms with Gasteiger partial charge in [0.25, 0.3) is 0 Å². The molecule has 1 N–H and O–H groups in total. The van der Waals surface area contributed by atoms with Crippen LogP contribution in [0.5, 0.6) is 11.5 Å². The Balaban J connectivity index is 2.18. The van der Waals surface area contributed by atoms with Crippen molar-refractivity contribution in [3.63, 3.8) is 0 Å². The highest BCUT2D eigenvalue weighted by molar-refractivity contribution is 5.80. The summed E-state index contributed by atoms with van der Waals surface area (Å²) in [5, 5.41) is 3.72. The quantitative estimate of drug-likeness (QED) is 0.647. The van der Waals surface area contributed by atoms with Gasteiger partial charge in [-0.05, 0) is 49.9 Å². The van der Waals surface area contributed by atoms with Gasteiger partial charge in [-0.3, -0.25) is 4.40 Å². The number of benzene rings is 1. The Hall–Kier alpha value is -2.76. The number of anilines is 1. The largest absolute Gasteiger partial charge is 0.497 e. The van der Waals surface area contributed by atoms with E-state index in [9.17, 15) is 0 Å². The lowest BCUT2D eigenvalue weighted by Gasteiger charge is -2.34. The van der Waals surface area contributed by atoms with Crippen LogP contribution in [-0.4, -0.2) is 34.1 Å². The molecule has 0 aliphatic rings. The van der Waals surface area contributed by atoms with E-state index in [2.05, 4.69) is 44.9 Å². The predicted octanol–water partition coefficient (Wildman–Crippen LogP) is 5.04. The number of ether oxygens (including phenoxy) is 2. The molecule has 0 saturated carbocycles. The first-order chi connectivity index (χ1) is 13.1. The van der Waals surface area contributed by atoms with Gasteiger partial charge in [0.1, 0.15) is 23.0 Å². The number of hydrogen-bond donors (Lipinski definition) is 1. The molecule has 28 heavy (non-hydrogen) atoms. The monoisotopic (exact) mass is 382 g/mol. The fourth-order valence-electron chi connectivity index (χ4n) is 3.88. The van der Waals surface area contributed by atoms with Crippen molar-refractivity contribution in [2.75, 3.05) is 19.5 Å². The summed E-state index contributed by atoms with van der Waals surface area (Å²) < 4.78 is 13.0. The summed E-state index contributed by atoms with van der Waals surface area (Å²) in [6.45, 7) is 11.2. The van der Waals surface area contributed by atoms with Crippen LogP contribution >= 0.6 is 0 Å². The van der Waals surface area contributed by atoms with Gasteiger partial charge in [-0.1, -0.05) is 20.8 Å². The molecule has 3 aromatic rings. The Morgan fingerprint density at radius 3 is 2.46 bits per heavy atom. The summed E-state index contributed by atoms with van der Waals surface area (Å²) in [5.74, 6) is 3.02. The van der Waals surface area contributed by atoms with Crippen molar-refractivity contribution < 1.29 is 9.47 Å². The summed E-state index contributed by atoms with van der Waals surface area (Å²) in [6.07, 6.45) is 4.71. The summed E-state index contributed by atoms with van der Waals surface area (Å²) in [4.78, 5) is 9.23. The van der Waals surface area contributed by atoms with Gasteiger partial charge in [-0.15, -0.1) is 0 Å². The zero-order valence-electron chi connectivity index (χ0n) is 17.8. The predicted molar refractivity (Wildman–Crippen MR) is 113 cm³/mol.